The van der Waals surface area contributed by atoms with E-state index in [4.69, 9.17) is 11.6 Å². The van der Waals surface area contributed by atoms with Crippen molar-refractivity contribution >= 4 is 29.1 Å². The van der Waals surface area contributed by atoms with Crippen LogP contribution in [0.15, 0.2) is 90.1 Å². The Hall–Kier alpha value is -3.97. The molecule has 8 heteroatoms. The smallest absolute Gasteiger partial charge is 0.255 e. The minimum absolute atomic E-state index is 0.254. The molecule has 1 aliphatic rings. The molecule has 4 aromatic rings. The summed E-state index contributed by atoms with van der Waals surface area (Å²) in [5.41, 5.74) is 3.35. The second-order valence-corrected chi connectivity index (χ2v) is 8.08. The number of rotatable bonds is 4. The lowest BCUT2D eigenvalue weighted by molar-refractivity contribution is -0.113. The first-order valence-corrected chi connectivity index (χ1v) is 10.7. The van der Waals surface area contributed by atoms with Crippen molar-refractivity contribution < 1.29 is 9.18 Å². The SMILES string of the molecule is CC1=C(C(=O)Nc2ccccc2)C(c2ccc(Cl)cc2)n2nc(-c3ccc(F)cc3)nc2N1. The van der Waals surface area contributed by atoms with Gasteiger partial charge in [-0.3, -0.25) is 4.79 Å². The van der Waals surface area contributed by atoms with Crippen LogP contribution in [0.1, 0.15) is 18.5 Å². The monoisotopic (exact) mass is 459 g/mol. The van der Waals surface area contributed by atoms with E-state index in [-0.39, 0.29) is 11.7 Å². The number of hydrogen-bond donors (Lipinski definition) is 2. The molecular weight excluding hydrogens is 441 g/mol. The Balaban J connectivity index is 1.60. The Morgan fingerprint density at radius 2 is 1.73 bits per heavy atom. The molecular formula is C25H19ClFN5O. The Morgan fingerprint density at radius 3 is 2.42 bits per heavy atom. The maximum Gasteiger partial charge on any atom is 0.255 e. The molecule has 164 valence electrons. The maximum absolute atomic E-state index is 13.4. The lowest BCUT2D eigenvalue weighted by Gasteiger charge is -2.28. The van der Waals surface area contributed by atoms with Gasteiger partial charge in [-0.2, -0.15) is 4.98 Å². The third kappa shape index (κ3) is 4.10. The number of halogens is 2. The molecule has 5 rings (SSSR count). The number of carbonyl (C=O) groups is 1. The summed E-state index contributed by atoms with van der Waals surface area (Å²) in [6, 6.07) is 22.0. The van der Waals surface area contributed by atoms with Gasteiger partial charge in [-0.25, -0.2) is 9.07 Å². The highest BCUT2D eigenvalue weighted by Gasteiger charge is 2.34. The summed E-state index contributed by atoms with van der Waals surface area (Å²) in [6.45, 7) is 1.83. The van der Waals surface area contributed by atoms with Crippen LogP contribution in [0.2, 0.25) is 5.02 Å². The zero-order valence-corrected chi connectivity index (χ0v) is 18.3. The van der Waals surface area contributed by atoms with Gasteiger partial charge < -0.3 is 10.6 Å². The number of benzene rings is 3. The van der Waals surface area contributed by atoms with Gasteiger partial charge in [-0.05, 0) is 61.0 Å². The molecule has 1 atom stereocenters. The first-order chi connectivity index (χ1) is 16.0. The number of fused-ring (bicyclic) bond motifs is 1. The van der Waals surface area contributed by atoms with E-state index < -0.39 is 6.04 Å². The highest BCUT2D eigenvalue weighted by molar-refractivity contribution is 6.30. The summed E-state index contributed by atoms with van der Waals surface area (Å²) < 4.78 is 15.1. The minimum Gasteiger partial charge on any atom is -0.328 e. The lowest BCUT2D eigenvalue weighted by atomic mass is 9.95. The van der Waals surface area contributed by atoms with Gasteiger partial charge in [0.1, 0.15) is 11.9 Å². The number of aromatic nitrogens is 3. The molecule has 0 saturated carbocycles. The molecule has 33 heavy (non-hydrogen) atoms. The standard InChI is InChI=1S/C25H19ClFN5O/c1-15-21(24(33)29-20-5-3-2-4-6-20)22(16-7-11-18(26)12-8-16)32-25(28-15)30-23(31-32)17-9-13-19(27)14-10-17/h2-14,22H,1H3,(H,29,33)(H,28,30,31). The fraction of sp³-hybridized carbons (Fsp3) is 0.0800. The first kappa shape index (κ1) is 20.9. The van der Waals surface area contributed by atoms with E-state index in [1.54, 1.807) is 28.9 Å². The van der Waals surface area contributed by atoms with Crippen LogP contribution in [-0.4, -0.2) is 20.7 Å². The molecule has 1 aromatic heterocycles. The van der Waals surface area contributed by atoms with E-state index in [1.807, 2.05) is 49.4 Å². The molecule has 0 radical (unpaired) electrons. The fourth-order valence-electron chi connectivity index (χ4n) is 3.84. The predicted molar refractivity (Wildman–Crippen MR) is 126 cm³/mol. The van der Waals surface area contributed by atoms with Crippen molar-refractivity contribution in [3.05, 3.63) is 107 Å². The zero-order chi connectivity index (χ0) is 22.9. The summed E-state index contributed by atoms with van der Waals surface area (Å²) in [4.78, 5) is 18.0. The zero-order valence-electron chi connectivity index (χ0n) is 17.6. The number of nitrogens with one attached hydrogen (secondary N) is 2. The van der Waals surface area contributed by atoms with Crippen LogP contribution < -0.4 is 10.6 Å². The van der Waals surface area contributed by atoms with Gasteiger partial charge in [0.2, 0.25) is 5.95 Å². The number of carbonyl (C=O) groups excluding carboxylic acids is 1. The Labute approximate surface area is 194 Å². The second-order valence-electron chi connectivity index (χ2n) is 7.65. The van der Waals surface area contributed by atoms with Gasteiger partial charge in [-0.15, -0.1) is 5.10 Å². The molecule has 1 unspecified atom stereocenters. The Kier molecular flexibility index (Phi) is 5.40. The van der Waals surface area contributed by atoms with Crippen LogP contribution >= 0.6 is 11.6 Å². The highest BCUT2D eigenvalue weighted by atomic mass is 35.5. The summed E-state index contributed by atoms with van der Waals surface area (Å²) in [5.74, 6) is 0.324. The molecule has 1 aliphatic heterocycles. The van der Waals surface area contributed by atoms with Crippen molar-refractivity contribution in [1.82, 2.24) is 14.8 Å². The third-order valence-electron chi connectivity index (χ3n) is 5.42. The molecule has 0 aliphatic carbocycles. The van der Waals surface area contributed by atoms with Crippen molar-refractivity contribution in [2.45, 2.75) is 13.0 Å². The minimum atomic E-state index is -0.538. The van der Waals surface area contributed by atoms with Crippen molar-refractivity contribution in [3.8, 4) is 11.4 Å². The third-order valence-corrected chi connectivity index (χ3v) is 5.67. The number of amides is 1. The Bertz CT molecular complexity index is 1350. The quantitative estimate of drug-likeness (QED) is 0.412. The molecule has 0 bridgehead atoms. The van der Waals surface area contributed by atoms with Crippen LogP contribution in [0, 0.1) is 5.82 Å². The molecule has 0 spiro atoms. The van der Waals surface area contributed by atoms with Crippen LogP contribution in [-0.2, 0) is 4.79 Å². The highest BCUT2D eigenvalue weighted by Crippen LogP contribution is 2.37. The summed E-state index contributed by atoms with van der Waals surface area (Å²) in [7, 11) is 0. The number of para-hydroxylation sites is 1. The summed E-state index contributed by atoms with van der Waals surface area (Å²) in [6.07, 6.45) is 0. The summed E-state index contributed by atoms with van der Waals surface area (Å²) in [5, 5.41) is 11.4. The molecule has 2 heterocycles. The molecule has 6 nitrogen and oxygen atoms in total. The van der Waals surface area contributed by atoms with Crippen molar-refractivity contribution in [1.29, 1.82) is 0 Å². The second kappa shape index (κ2) is 8.52. The van der Waals surface area contributed by atoms with E-state index >= 15 is 0 Å². The number of hydrogen-bond acceptors (Lipinski definition) is 4. The predicted octanol–water partition coefficient (Wildman–Crippen LogP) is 5.67. The van der Waals surface area contributed by atoms with Crippen molar-refractivity contribution in [2.24, 2.45) is 0 Å². The van der Waals surface area contributed by atoms with Gasteiger partial charge in [0.25, 0.3) is 5.91 Å². The fourth-order valence-corrected chi connectivity index (χ4v) is 3.97. The van der Waals surface area contributed by atoms with E-state index in [0.29, 0.717) is 39.3 Å². The number of nitrogens with zero attached hydrogens (tertiary/aromatic N) is 3. The van der Waals surface area contributed by atoms with E-state index in [1.165, 1.54) is 12.1 Å². The molecule has 3 aromatic carbocycles. The lowest BCUT2D eigenvalue weighted by Crippen LogP contribution is -2.31. The first-order valence-electron chi connectivity index (χ1n) is 10.3. The topological polar surface area (TPSA) is 71.8 Å². The average Bonchev–Trinajstić information content (AvgIpc) is 3.23. The van der Waals surface area contributed by atoms with E-state index in [0.717, 1.165) is 5.56 Å². The number of allylic oxidation sites excluding steroid dienone is 1. The van der Waals surface area contributed by atoms with E-state index in [9.17, 15) is 9.18 Å². The molecule has 2 N–H and O–H groups in total. The van der Waals surface area contributed by atoms with Crippen LogP contribution in [0.25, 0.3) is 11.4 Å². The Morgan fingerprint density at radius 1 is 1.03 bits per heavy atom. The molecule has 0 fully saturated rings. The van der Waals surface area contributed by atoms with Crippen molar-refractivity contribution in [3.63, 3.8) is 0 Å². The van der Waals surface area contributed by atoms with Crippen LogP contribution in [0.3, 0.4) is 0 Å². The largest absolute Gasteiger partial charge is 0.328 e. The summed E-state index contributed by atoms with van der Waals surface area (Å²) >= 11 is 6.11. The average molecular weight is 460 g/mol. The van der Waals surface area contributed by atoms with Gasteiger partial charge in [0, 0.05) is 22.0 Å². The van der Waals surface area contributed by atoms with Crippen LogP contribution in [0.5, 0.6) is 0 Å². The maximum atomic E-state index is 13.4. The van der Waals surface area contributed by atoms with E-state index in [2.05, 4.69) is 20.7 Å². The normalized spacial score (nSPS) is 15.1. The van der Waals surface area contributed by atoms with Gasteiger partial charge >= 0.3 is 0 Å². The molecule has 1 amide bonds. The van der Waals surface area contributed by atoms with Gasteiger partial charge in [-0.1, -0.05) is 41.9 Å². The van der Waals surface area contributed by atoms with Gasteiger partial charge in [0.15, 0.2) is 5.82 Å². The molecule has 0 saturated heterocycles. The van der Waals surface area contributed by atoms with Crippen LogP contribution in [0.4, 0.5) is 16.0 Å². The van der Waals surface area contributed by atoms with Gasteiger partial charge in [0.05, 0.1) is 5.57 Å². The van der Waals surface area contributed by atoms with Crippen molar-refractivity contribution in [2.75, 3.05) is 10.6 Å². The number of anilines is 2.